The van der Waals surface area contributed by atoms with Gasteiger partial charge in [-0.2, -0.15) is 0 Å². The molecular formula is C10H16ClN3O2S. The topological polar surface area (TPSA) is 81.2 Å². The van der Waals surface area contributed by atoms with E-state index >= 15 is 0 Å². The van der Waals surface area contributed by atoms with Gasteiger partial charge in [0.25, 0.3) is 0 Å². The maximum atomic E-state index is 10.6. The first-order chi connectivity index (χ1) is 7.68. The summed E-state index contributed by atoms with van der Waals surface area (Å²) in [6, 6.07) is 3.27. The van der Waals surface area contributed by atoms with E-state index in [4.69, 9.17) is 5.73 Å². The Labute approximate surface area is 110 Å². The molecule has 0 unspecified atom stereocenters. The van der Waals surface area contributed by atoms with Gasteiger partial charge in [-0.05, 0) is 37.9 Å². The van der Waals surface area contributed by atoms with Gasteiger partial charge in [-0.25, -0.2) is 0 Å². The summed E-state index contributed by atoms with van der Waals surface area (Å²) >= 11 is 1.20. The molecule has 0 amide bonds. The second-order valence-corrected chi connectivity index (χ2v) is 5.14. The van der Waals surface area contributed by atoms with Gasteiger partial charge in [-0.1, -0.05) is 11.3 Å². The van der Waals surface area contributed by atoms with Crippen molar-refractivity contribution in [2.24, 2.45) is 11.7 Å². The summed E-state index contributed by atoms with van der Waals surface area (Å²) in [5, 5.41) is 14.0. The highest BCUT2D eigenvalue weighted by molar-refractivity contribution is 7.15. The number of hydrogen-bond donors (Lipinski definition) is 2. The molecule has 1 aliphatic heterocycles. The number of halogens is 1. The van der Waals surface area contributed by atoms with Crippen molar-refractivity contribution in [2.45, 2.75) is 18.9 Å². The molecule has 0 aromatic carbocycles. The zero-order chi connectivity index (χ0) is 11.5. The molecule has 1 aromatic heterocycles. The van der Waals surface area contributed by atoms with E-state index in [1.54, 1.807) is 12.1 Å². The Morgan fingerprint density at radius 2 is 2.12 bits per heavy atom. The molecule has 3 N–H and O–H groups in total. The van der Waals surface area contributed by atoms with Crippen LogP contribution in [0.2, 0.25) is 0 Å². The first kappa shape index (κ1) is 14.4. The Bertz CT molecular complexity index is 379. The van der Waals surface area contributed by atoms with E-state index in [9.17, 15) is 10.1 Å². The molecule has 0 radical (unpaired) electrons. The Hall–Kier alpha value is -0.690. The fourth-order valence-electron chi connectivity index (χ4n) is 2.06. The van der Waals surface area contributed by atoms with Crippen LogP contribution in [0.4, 0.5) is 5.00 Å². The summed E-state index contributed by atoms with van der Waals surface area (Å²) in [6.45, 7) is 1.98. The second kappa shape index (κ2) is 6.30. The third-order valence-corrected chi connectivity index (χ3v) is 4.15. The summed E-state index contributed by atoms with van der Waals surface area (Å²) in [7, 11) is 0. The third-order valence-electron chi connectivity index (χ3n) is 3.01. The van der Waals surface area contributed by atoms with Crippen LogP contribution in [-0.4, -0.2) is 18.0 Å². The number of nitrogens with zero attached hydrogens (tertiary/aromatic N) is 1. The highest BCUT2D eigenvalue weighted by Gasteiger charge is 2.24. The van der Waals surface area contributed by atoms with E-state index in [0.29, 0.717) is 5.92 Å². The molecule has 1 saturated heterocycles. The quantitative estimate of drug-likeness (QED) is 0.655. The monoisotopic (exact) mass is 277 g/mol. The van der Waals surface area contributed by atoms with Crippen LogP contribution in [0.1, 0.15) is 23.8 Å². The van der Waals surface area contributed by atoms with Gasteiger partial charge in [0.05, 0.1) is 4.92 Å². The molecule has 1 fully saturated rings. The van der Waals surface area contributed by atoms with E-state index in [1.807, 2.05) is 0 Å². The predicted molar refractivity (Wildman–Crippen MR) is 70.7 cm³/mol. The van der Waals surface area contributed by atoms with Gasteiger partial charge in [0.2, 0.25) is 0 Å². The predicted octanol–water partition coefficient (Wildman–Crippen LogP) is 2.08. The molecule has 0 spiro atoms. The SMILES string of the molecule is Cl.N[C@@H](c1ccc([N+](=O)[O-])s1)C1CCNCC1. The average Bonchev–Trinajstić information content (AvgIpc) is 2.78. The standard InChI is InChI=1S/C10H15N3O2S.ClH/c11-10(7-3-5-12-6-4-7)8-1-2-9(16-8)13(14)15;/h1-2,7,10,12H,3-6,11H2;1H/t10-;/m1./s1. The average molecular weight is 278 g/mol. The Morgan fingerprint density at radius 3 is 2.65 bits per heavy atom. The van der Waals surface area contributed by atoms with Gasteiger partial charge in [0.1, 0.15) is 0 Å². The fraction of sp³-hybridized carbons (Fsp3) is 0.600. The number of nitro groups is 1. The smallest absolute Gasteiger partial charge is 0.323 e. The lowest BCUT2D eigenvalue weighted by atomic mass is 9.90. The van der Waals surface area contributed by atoms with Crippen molar-refractivity contribution in [3.63, 3.8) is 0 Å². The van der Waals surface area contributed by atoms with Crippen molar-refractivity contribution in [3.8, 4) is 0 Å². The minimum Gasteiger partial charge on any atom is -0.323 e. The van der Waals surface area contributed by atoms with Gasteiger partial charge >= 0.3 is 5.00 Å². The van der Waals surface area contributed by atoms with Crippen molar-refractivity contribution < 1.29 is 4.92 Å². The van der Waals surface area contributed by atoms with Crippen LogP contribution in [0.15, 0.2) is 12.1 Å². The molecule has 96 valence electrons. The number of nitrogens with two attached hydrogens (primary N) is 1. The molecule has 2 rings (SSSR count). The van der Waals surface area contributed by atoms with Crippen LogP contribution >= 0.6 is 23.7 Å². The largest absolute Gasteiger partial charge is 0.324 e. The van der Waals surface area contributed by atoms with Crippen LogP contribution in [-0.2, 0) is 0 Å². The van der Waals surface area contributed by atoms with Crippen LogP contribution in [0.5, 0.6) is 0 Å². The van der Waals surface area contributed by atoms with Gasteiger partial charge in [-0.15, -0.1) is 12.4 Å². The van der Waals surface area contributed by atoms with Gasteiger partial charge in [0, 0.05) is 17.0 Å². The first-order valence-electron chi connectivity index (χ1n) is 5.39. The van der Waals surface area contributed by atoms with Crippen LogP contribution in [0.3, 0.4) is 0 Å². The molecule has 5 nitrogen and oxygen atoms in total. The van der Waals surface area contributed by atoms with Crippen LogP contribution in [0.25, 0.3) is 0 Å². The van der Waals surface area contributed by atoms with E-state index in [-0.39, 0.29) is 28.4 Å². The van der Waals surface area contributed by atoms with E-state index in [2.05, 4.69) is 5.32 Å². The fourth-order valence-corrected chi connectivity index (χ4v) is 2.97. The zero-order valence-corrected chi connectivity index (χ0v) is 10.9. The third kappa shape index (κ3) is 3.38. The Kier molecular flexibility index (Phi) is 5.32. The second-order valence-electron chi connectivity index (χ2n) is 4.05. The number of piperidine rings is 1. The number of hydrogen-bond acceptors (Lipinski definition) is 5. The highest BCUT2D eigenvalue weighted by Crippen LogP contribution is 2.34. The summed E-state index contributed by atoms with van der Waals surface area (Å²) in [4.78, 5) is 11.1. The van der Waals surface area contributed by atoms with Gasteiger partial charge < -0.3 is 11.1 Å². The lowest BCUT2D eigenvalue weighted by molar-refractivity contribution is -0.380. The summed E-state index contributed by atoms with van der Waals surface area (Å²) in [5.41, 5.74) is 6.14. The van der Waals surface area contributed by atoms with E-state index in [0.717, 1.165) is 30.8 Å². The summed E-state index contributed by atoms with van der Waals surface area (Å²) in [5.74, 6) is 0.444. The lowest BCUT2D eigenvalue weighted by Gasteiger charge is -2.27. The van der Waals surface area contributed by atoms with Crippen molar-refractivity contribution in [3.05, 3.63) is 27.1 Å². The molecule has 0 aliphatic carbocycles. The number of nitrogens with one attached hydrogen (secondary N) is 1. The molecule has 2 heterocycles. The molecule has 0 saturated carbocycles. The molecule has 1 aliphatic rings. The minimum atomic E-state index is -0.358. The summed E-state index contributed by atoms with van der Waals surface area (Å²) in [6.07, 6.45) is 2.10. The molecule has 7 heteroatoms. The normalized spacial score (nSPS) is 18.4. The van der Waals surface area contributed by atoms with E-state index < -0.39 is 0 Å². The summed E-state index contributed by atoms with van der Waals surface area (Å²) < 4.78 is 0. The Morgan fingerprint density at radius 1 is 1.47 bits per heavy atom. The maximum Gasteiger partial charge on any atom is 0.324 e. The Balaban J connectivity index is 0.00000144. The molecule has 17 heavy (non-hydrogen) atoms. The number of rotatable bonds is 3. The van der Waals surface area contributed by atoms with Crippen molar-refractivity contribution >= 4 is 28.7 Å². The van der Waals surface area contributed by atoms with Crippen LogP contribution < -0.4 is 11.1 Å². The highest BCUT2D eigenvalue weighted by atomic mass is 35.5. The lowest BCUT2D eigenvalue weighted by Crippen LogP contribution is -2.33. The van der Waals surface area contributed by atoms with Crippen molar-refractivity contribution in [1.29, 1.82) is 0 Å². The minimum absolute atomic E-state index is 0. The molecule has 0 bridgehead atoms. The molecule has 1 aromatic rings. The van der Waals surface area contributed by atoms with Crippen molar-refractivity contribution in [1.82, 2.24) is 5.32 Å². The van der Waals surface area contributed by atoms with Gasteiger partial charge in [-0.3, -0.25) is 10.1 Å². The van der Waals surface area contributed by atoms with E-state index in [1.165, 1.54) is 11.3 Å². The molecular weight excluding hydrogens is 262 g/mol. The zero-order valence-electron chi connectivity index (χ0n) is 9.30. The van der Waals surface area contributed by atoms with Crippen LogP contribution in [0, 0.1) is 16.0 Å². The molecule has 1 atom stereocenters. The maximum absolute atomic E-state index is 10.6. The number of thiophene rings is 1. The van der Waals surface area contributed by atoms with Crippen molar-refractivity contribution in [2.75, 3.05) is 13.1 Å². The van der Waals surface area contributed by atoms with Gasteiger partial charge in [0.15, 0.2) is 0 Å². The first-order valence-corrected chi connectivity index (χ1v) is 6.20.